The van der Waals surface area contributed by atoms with Crippen molar-refractivity contribution >= 4 is 0 Å². The smallest absolute Gasteiger partial charge is 0.0348 e. The van der Waals surface area contributed by atoms with Gasteiger partial charge in [-0.2, -0.15) is 0 Å². The van der Waals surface area contributed by atoms with Crippen molar-refractivity contribution in [3.8, 4) is 0 Å². The summed E-state index contributed by atoms with van der Waals surface area (Å²) in [5.41, 5.74) is 2.94. The van der Waals surface area contributed by atoms with Gasteiger partial charge in [0, 0.05) is 6.04 Å². The fourth-order valence-electron chi connectivity index (χ4n) is 3.79. The minimum absolute atomic E-state index is 0.550. The Hall–Kier alpha value is -0.820. The molecule has 0 amide bonds. The molecule has 1 fully saturated rings. The van der Waals surface area contributed by atoms with Crippen LogP contribution in [0.1, 0.15) is 82.9 Å². The number of rotatable bonds is 6. The Labute approximate surface area is 131 Å². The maximum Gasteiger partial charge on any atom is 0.0348 e. The molecule has 2 rings (SSSR count). The maximum absolute atomic E-state index is 3.75. The number of benzene rings is 1. The van der Waals surface area contributed by atoms with Crippen molar-refractivity contribution in [1.82, 2.24) is 5.32 Å². The number of hydrogen-bond acceptors (Lipinski definition) is 1. The topological polar surface area (TPSA) is 12.0 Å². The van der Waals surface area contributed by atoms with Crippen molar-refractivity contribution in [2.75, 3.05) is 6.54 Å². The van der Waals surface area contributed by atoms with Gasteiger partial charge in [0.15, 0.2) is 0 Å². The summed E-state index contributed by atoms with van der Waals surface area (Å²) in [6.45, 7) is 10.2. The lowest BCUT2D eigenvalue weighted by Crippen LogP contribution is -2.31. The second kappa shape index (κ2) is 7.98. The van der Waals surface area contributed by atoms with Gasteiger partial charge in [-0.1, -0.05) is 71.2 Å². The van der Waals surface area contributed by atoms with Gasteiger partial charge in [0.2, 0.25) is 0 Å². The van der Waals surface area contributed by atoms with E-state index in [9.17, 15) is 0 Å². The summed E-state index contributed by atoms with van der Waals surface area (Å²) in [5, 5.41) is 3.75. The van der Waals surface area contributed by atoms with Gasteiger partial charge in [-0.05, 0) is 48.3 Å². The van der Waals surface area contributed by atoms with Gasteiger partial charge in [-0.15, -0.1) is 0 Å². The molecule has 1 aromatic carbocycles. The van der Waals surface area contributed by atoms with Crippen LogP contribution >= 0.6 is 0 Å². The second-order valence-corrected chi connectivity index (χ2v) is 7.05. The van der Waals surface area contributed by atoms with Gasteiger partial charge in [0.05, 0.1) is 0 Å². The molecule has 0 aromatic heterocycles. The number of nitrogens with one attached hydrogen (secondary N) is 1. The van der Waals surface area contributed by atoms with Crippen molar-refractivity contribution in [2.45, 2.75) is 71.8 Å². The van der Waals surface area contributed by atoms with E-state index in [2.05, 4.69) is 57.3 Å². The summed E-state index contributed by atoms with van der Waals surface area (Å²) in [6, 6.07) is 9.90. The minimum Gasteiger partial charge on any atom is -0.310 e. The first kappa shape index (κ1) is 16.5. The predicted octanol–water partition coefficient (Wildman–Crippen LogP) is 5.68. The van der Waals surface area contributed by atoms with Crippen LogP contribution in [0.15, 0.2) is 24.3 Å². The molecule has 0 radical (unpaired) electrons. The quantitative estimate of drug-likeness (QED) is 0.710. The van der Waals surface area contributed by atoms with Crippen LogP contribution in [-0.2, 0) is 0 Å². The van der Waals surface area contributed by atoms with Crippen LogP contribution in [0.25, 0.3) is 0 Å². The molecule has 118 valence electrons. The Morgan fingerprint density at radius 1 is 0.952 bits per heavy atom. The molecule has 21 heavy (non-hydrogen) atoms. The van der Waals surface area contributed by atoms with Gasteiger partial charge < -0.3 is 5.32 Å². The van der Waals surface area contributed by atoms with Crippen LogP contribution in [-0.4, -0.2) is 6.54 Å². The van der Waals surface area contributed by atoms with E-state index in [0.717, 1.165) is 18.4 Å². The summed E-state index contributed by atoms with van der Waals surface area (Å²) in [5.74, 6) is 2.42. The van der Waals surface area contributed by atoms with E-state index in [0.29, 0.717) is 12.0 Å². The SMILES string of the molecule is CCNC(c1ccc(C(C)C)cc1)C1CCC(CC)CC1. The molecule has 1 aromatic rings. The zero-order valence-electron chi connectivity index (χ0n) is 14.4. The van der Waals surface area contributed by atoms with Crippen LogP contribution in [0.3, 0.4) is 0 Å². The average Bonchev–Trinajstić information content (AvgIpc) is 2.53. The van der Waals surface area contributed by atoms with Gasteiger partial charge in [0.1, 0.15) is 0 Å². The van der Waals surface area contributed by atoms with Crippen LogP contribution in [0, 0.1) is 11.8 Å². The van der Waals surface area contributed by atoms with E-state index in [1.165, 1.54) is 43.2 Å². The lowest BCUT2D eigenvalue weighted by Gasteiger charge is -2.34. The zero-order chi connectivity index (χ0) is 15.2. The Morgan fingerprint density at radius 2 is 1.52 bits per heavy atom. The fraction of sp³-hybridized carbons (Fsp3) is 0.700. The highest BCUT2D eigenvalue weighted by molar-refractivity contribution is 5.27. The molecular formula is C20H33N. The molecule has 0 bridgehead atoms. The highest BCUT2D eigenvalue weighted by atomic mass is 14.9. The highest BCUT2D eigenvalue weighted by Crippen LogP contribution is 2.38. The summed E-state index contributed by atoms with van der Waals surface area (Å²) in [7, 11) is 0. The van der Waals surface area contributed by atoms with Crippen LogP contribution in [0.4, 0.5) is 0 Å². The molecule has 1 aliphatic carbocycles. The monoisotopic (exact) mass is 287 g/mol. The molecule has 0 saturated heterocycles. The molecular weight excluding hydrogens is 254 g/mol. The molecule has 1 nitrogen and oxygen atoms in total. The maximum atomic E-state index is 3.75. The Morgan fingerprint density at radius 3 is 2.00 bits per heavy atom. The largest absolute Gasteiger partial charge is 0.310 e. The Balaban J connectivity index is 2.07. The average molecular weight is 287 g/mol. The molecule has 1 aliphatic rings. The van der Waals surface area contributed by atoms with E-state index < -0.39 is 0 Å². The first-order valence-corrected chi connectivity index (χ1v) is 8.98. The van der Waals surface area contributed by atoms with Gasteiger partial charge in [-0.25, -0.2) is 0 Å². The highest BCUT2D eigenvalue weighted by Gasteiger charge is 2.27. The predicted molar refractivity (Wildman–Crippen MR) is 92.7 cm³/mol. The van der Waals surface area contributed by atoms with E-state index in [1.54, 1.807) is 0 Å². The Kier molecular flexibility index (Phi) is 6.29. The molecule has 0 heterocycles. The molecule has 1 heteroatoms. The Bertz CT molecular complexity index is 398. The van der Waals surface area contributed by atoms with Crippen molar-refractivity contribution in [1.29, 1.82) is 0 Å². The molecule has 1 unspecified atom stereocenters. The van der Waals surface area contributed by atoms with Crippen molar-refractivity contribution in [3.63, 3.8) is 0 Å². The molecule has 0 aliphatic heterocycles. The normalized spacial score (nSPS) is 24.2. The molecule has 1 saturated carbocycles. The van der Waals surface area contributed by atoms with Crippen LogP contribution in [0.2, 0.25) is 0 Å². The first-order valence-electron chi connectivity index (χ1n) is 8.98. The third-order valence-corrected chi connectivity index (χ3v) is 5.33. The van der Waals surface area contributed by atoms with E-state index in [1.807, 2.05) is 0 Å². The minimum atomic E-state index is 0.550. The second-order valence-electron chi connectivity index (χ2n) is 7.05. The van der Waals surface area contributed by atoms with Gasteiger partial charge >= 0.3 is 0 Å². The molecule has 1 N–H and O–H groups in total. The van der Waals surface area contributed by atoms with Crippen LogP contribution < -0.4 is 5.32 Å². The summed E-state index contributed by atoms with van der Waals surface area (Å²) in [4.78, 5) is 0. The fourth-order valence-corrected chi connectivity index (χ4v) is 3.79. The van der Waals surface area contributed by atoms with E-state index in [4.69, 9.17) is 0 Å². The lowest BCUT2D eigenvalue weighted by atomic mass is 9.76. The summed E-state index contributed by atoms with van der Waals surface area (Å²) in [6.07, 6.45) is 6.99. The van der Waals surface area contributed by atoms with Crippen molar-refractivity contribution in [3.05, 3.63) is 35.4 Å². The van der Waals surface area contributed by atoms with Gasteiger partial charge in [0.25, 0.3) is 0 Å². The summed E-state index contributed by atoms with van der Waals surface area (Å²) >= 11 is 0. The van der Waals surface area contributed by atoms with Crippen molar-refractivity contribution in [2.24, 2.45) is 11.8 Å². The van der Waals surface area contributed by atoms with Crippen molar-refractivity contribution < 1.29 is 0 Å². The number of hydrogen-bond donors (Lipinski definition) is 1. The molecule has 0 spiro atoms. The summed E-state index contributed by atoms with van der Waals surface area (Å²) < 4.78 is 0. The lowest BCUT2D eigenvalue weighted by molar-refractivity contribution is 0.220. The third-order valence-electron chi connectivity index (χ3n) is 5.33. The van der Waals surface area contributed by atoms with E-state index >= 15 is 0 Å². The van der Waals surface area contributed by atoms with Gasteiger partial charge in [-0.3, -0.25) is 0 Å². The van der Waals surface area contributed by atoms with Crippen LogP contribution in [0.5, 0.6) is 0 Å². The first-order chi connectivity index (χ1) is 10.2. The molecule has 1 atom stereocenters. The zero-order valence-corrected chi connectivity index (χ0v) is 14.4. The van der Waals surface area contributed by atoms with E-state index in [-0.39, 0.29) is 0 Å². The third kappa shape index (κ3) is 4.32. The standard InChI is InChI=1S/C20H33N/c1-5-16-7-9-18(10-8-16)20(21-6-2)19-13-11-17(12-14-19)15(3)4/h11-16,18,20-21H,5-10H2,1-4H3.